The molecule has 2 heteroatoms. The molecule has 0 radical (unpaired) electrons. The fourth-order valence-corrected chi connectivity index (χ4v) is 2.26. The lowest BCUT2D eigenvalue weighted by atomic mass is 9.78. The maximum atomic E-state index is 5.49. The SMILES string of the molecule is COC1(OC)CCCC(C(C)C)C1. The third-order valence-corrected chi connectivity index (χ3v) is 3.39. The predicted molar refractivity (Wildman–Crippen MR) is 53.5 cm³/mol. The first-order chi connectivity index (χ1) is 6.13. The summed E-state index contributed by atoms with van der Waals surface area (Å²) in [5, 5.41) is 0. The van der Waals surface area contributed by atoms with Crippen LogP contribution in [0.25, 0.3) is 0 Å². The summed E-state index contributed by atoms with van der Waals surface area (Å²) >= 11 is 0. The Kier molecular flexibility index (Phi) is 3.74. The van der Waals surface area contributed by atoms with E-state index in [4.69, 9.17) is 9.47 Å². The highest BCUT2D eigenvalue weighted by atomic mass is 16.7. The maximum absolute atomic E-state index is 5.49. The van der Waals surface area contributed by atoms with E-state index in [1.807, 2.05) is 0 Å². The van der Waals surface area contributed by atoms with E-state index in [2.05, 4.69) is 13.8 Å². The van der Waals surface area contributed by atoms with E-state index in [0.717, 1.165) is 24.7 Å². The summed E-state index contributed by atoms with van der Waals surface area (Å²) in [4.78, 5) is 0. The van der Waals surface area contributed by atoms with Crippen molar-refractivity contribution >= 4 is 0 Å². The molecular weight excluding hydrogens is 164 g/mol. The van der Waals surface area contributed by atoms with Crippen molar-refractivity contribution in [3.8, 4) is 0 Å². The summed E-state index contributed by atoms with van der Waals surface area (Å²) in [5.41, 5.74) is 0. The van der Waals surface area contributed by atoms with Crippen LogP contribution in [0, 0.1) is 11.8 Å². The largest absolute Gasteiger partial charge is 0.353 e. The first kappa shape index (κ1) is 11.0. The standard InChI is InChI=1S/C11H22O2/c1-9(2)10-6-5-7-11(8-10,12-3)13-4/h9-10H,5-8H2,1-4H3. The van der Waals surface area contributed by atoms with Gasteiger partial charge in [-0.05, 0) is 24.7 Å². The molecule has 1 fully saturated rings. The lowest BCUT2D eigenvalue weighted by Crippen LogP contribution is -2.40. The van der Waals surface area contributed by atoms with Crippen LogP contribution in [0.1, 0.15) is 39.5 Å². The highest BCUT2D eigenvalue weighted by Crippen LogP contribution is 2.38. The normalized spacial score (nSPS) is 27.9. The summed E-state index contributed by atoms with van der Waals surface area (Å²) in [6, 6.07) is 0. The predicted octanol–water partition coefficient (Wildman–Crippen LogP) is 2.82. The molecule has 0 aromatic carbocycles. The van der Waals surface area contributed by atoms with Crippen LogP contribution in [0.15, 0.2) is 0 Å². The van der Waals surface area contributed by atoms with Crippen molar-refractivity contribution in [3.05, 3.63) is 0 Å². The molecule has 1 atom stereocenters. The Hall–Kier alpha value is -0.0800. The van der Waals surface area contributed by atoms with Gasteiger partial charge in [-0.25, -0.2) is 0 Å². The number of rotatable bonds is 3. The Balaban J connectivity index is 2.58. The van der Waals surface area contributed by atoms with Gasteiger partial charge in [0.1, 0.15) is 0 Å². The zero-order chi connectivity index (χ0) is 9.90. The van der Waals surface area contributed by atoms with Crippen LogP contribution in [-0.2, 0) is 9.47 Å². The van der Waals surface area contributed by atoms with E-state index in [9.17, 15) is 0 Å². The number of methoxy groups -OCH3 is 2. The van der Waals surface area contributed by atoms with Gasteiger partial charge in [-0.3, -0.25) is 0 Å². The van der Waals surface area contributed by atoms with Crippen LogP contribution in [0.2, 0.25) is 0 Å². The lowest BCUT2D eigenvalue weighted by molar-refractivity contribution is -0.233. The summed E-state index contributed by atoms with van der Waals surface area (Å²) in [6.07, 6.45) is 4.65. The van der Waals surface area contributed by atoms with Crippen LogP contribution in [0.5, 0.6) is 0 Å². The molecule has 0 heterocycles. The average Bonchev–Trinajstić information content (AvgIpc) is 2.18. The number of hydrogen-bond donors (Lipinski definition) is 0. The molecule has 1 rings (SSSR count). The van der Waals surface area contributed by atoms with Gasteiger partial charge >= 0.3 is 0 Å². The van der Waals surface area contributed by atoms with E-state index >= 15 is 0 Å². The van der Waals surface area contributed by atoms with Crippen molar-refractivity contribution < 1.29 is 9.47 Å². The van der Waals surface area contributed by atoms with Crippen molar-refractivity contribution in [1.82, 2.24) is 0 Å². The Morgan fingerprint density at radius 2 is 1.85 bits per heavy atom. The van der Waals surface area contributed by atoms with Crippen molar-refractivity contribution in [2.24, 2.45) is 11.8 Å². The van der Waals surface area contributed by atoms with Crippen LogP contribution >= 0.6 is 0 Å². The third-order valence-electron chi connectivity index (χ3n) is 3.39. The molecule has 2 nitrogen and oxygen atoms in total. The van der Waals surface area contributed by atoms with Gasteiger partial charge in [0.2, 0.25) is 0 Å². The van der Waals surface area contributed by atoms with E-state index < -0.39 is 0 Å². The van der Waals surface area contributed by atoms with Gasteiger partial charge in [0.25, 0.3) is 0 Å². The van der Waals surface area contributed by atoms with E-state index in [1.54, 1.807) is 14.2 Å². The van der Waals surface area contributed by atoms with Crippen LogP contribution in [0.4, 0.5) is 0 Å². The molecule has 1 saturated carbocycles. The Morgan fingerprint density at radius 1 is 1.23 bits per heavy atom. The summed E-state index contributed by atoms with van der Waals surface area (Å²) in [6.45, 7) is 4.57. The molecule has 0 aliphatic heterocycles. The zero-order valence-electron chi connectivity index (χ0n) is 9.30. The second kappa shape index (κ2) is 4.43. The topological polar surface area (TPSA) is 18.5 Å². The molecule has 1 aliphatic rings. The van der Waals surface area contributed by atoms with Gasteiger partial charge in [0.05, 0.1) is 0 Å². The lowest BCUT2D eigenvalue weighted by Gasteiger charge is -2.40. The van der Waals surface area contributed by atoms with Crippen molar-refractivity contribution in [1.29, 1.82) is 0 Å². The van der Waals surface area contributed by atoms with Gasteiger partial charge in [0, 0.05) is 27.1 Å². The van der Waals surface area contributed by atoms with Gasteiger partial charge in [0.15, 0.2) is 5.79 Å². The third kappa shape index (κ3) is 2.44. The molecule has 0 amide bonds. The molecular formula is C11H22O2. The summed E-state index contributed by atoms with van der Waals surface area (Å²) < 4.78 is 11.0. The van der Waals surface area contributed by atoms with Crippen LogP contribution in [0.3, 0.4) is 0 Å². The first-order valence-corrected chi connectivity index (χ1v) is 5.24. The zero-order valence-corrected chi connectivity index (χ0v) is 9.30. The van der Waals surface area contributed by atoms with Crippen molar-refractivity contribution in [2.75, 3.05) is 14.2 Å². The Bertz CT molecular complexity index is 150. The summed E-state index contributed by atoms with van der Waals surface area (Å²) in [5.74, 6) is 1.21. The molecule has 0 spiro atoms. The molecule has 0 aromatic heterocycles. The minimum absolute atomic E-state index is 0.285. The van der Waals surface area contributed by atoms with E-state index in [-0.39, 0.29) is 5.79 Å². The van der Waals surface area contributed by atoms with Gasteiger partial charge in [-0.1, -0.05) is 13.8 Å². The minimum Gasteiger partial charge on any atom is -0.353 e. The molecule has 1 aliphatic carbocycles. The quantitative estimate of drug-likeness (QED) is 0.631. The van der Waals surface area contributed by atoms with Gasteiger partial charge in [-0.2, -0.15) is 0 Å². The molecule has 0 N–H and O–H groups in total. The molecule has 1 unspecified atom stereocenters. The van der Waals surface area contributed by atoms with Crippen molar-refractivity contribution in [3.63, 3.8) is 0 Å². The van der Waals surface area contributed by atoms with E-state index in [1.165, 1.54) is 12.8 Å². The maximum Gasteiger partial charge on any atom is 0.167 e. The molecule has 0 saturated heterocycles. The van der Waals surface area contributed by atoms with Crippen molar-refractivity contribution in [2.45, 2.75) is 45.3 Å². The highest BCUT2D eigenvalue weighted by molar-refractivity contribution is 4.81. The average molecular weight is 186 g/mol. The molecule has 0 aromatic rings. The monoisotopic (exact) mass is 186 g/mol. The fraction of sp³-hybridized carbons (Fsp3) is 1.00. The molecule has 0 bridgehead atoms. The molecule has 78 valence electrons. The van der Waals surface area contributed by atoms with Crippen LogP contribution in [-0.4, -0.2) is 20.0 Å². The molecule has 13 heavy (non-hydrogen) atoms. The second-order valence-electron chi connectivity index (χ2n) is 4.42. The fourth-order valence-electron chi connectivity index (χ4n) is 2.26. The first-order valence-electron chi connectivity index (χ1n) is 5.24. The summed E-state index contributed by atoms with van der Waals surface area (Å²) in [7, 11) is 3.51. The smallest absolute Gasteiger partial charge is 0.167 e. The minimum atomic E-state index is -0.285. The number of hydrogen-bond acceptors (Lipinski definition) is 2. The van der Waals surface area contributed by atoms with Gasteiger partial charge < -0.3 is 9.47 Å². The van der Waals surface area contributed by atoms with Crippen LogP contribution < -0.4 is 0 Å². The van der Waals surface area contributed by atoms with E-state index in [0.29, 0.717) is 0 Å². The number of ether oxygens (including phenoxy) is 2. The Labute approximate surface area is 81.6 Å². The highest BCUT2D eigenvalue weighted by Gasteiger charge is 2.37. The second-order valence-corrected chi connectivity index (χ2v) is 4.42. The Morgan fingerprint density at radius 3 is 2.31 bits per heavy atom. The van der Waals surface area contributed by atoms with Gasteiger partial charge in [-0.15, -0.1) is 0 Å².